The van der Waals surface area contributed by atoms with E-state index in [9.17, 15) is 10.1 Å². The molecule has 0 heterocycles. The maximum Gasteiger partial charge on any atom is 0.267 e. The van der Waals surface area contributed by atoms with Crippen LogP contribution in [0.15, 0.2) is 60.3 Å². The number of ether oxygens (including phenoxy) is 1. The summed E-state index contributed by atoms with van der Waals surface area (Å²) < 4.78 is 5.29. The number of nitrogens with one attached hydrogen (secondary N) is 2. The zero-order chi connectivity index (χ0) is 18.8. The van der Waals surface area contributed by atoms with Crippen molar-refractivity contribution in [3.63, 3.8) is 0 Å². The summed E-state index contributed by atoms with van der Waals surface area (Å²) in [6, 6.07) is 18.1. The lowest BCUT2D eigenvalue weighted by molar-refractivity contribution is -0.112. The van der Waals surface area contributed by atoms with Crippen molar-refractivity contribution in [2.75, 3.05) is 19.0 Å². The Hall–Kier alpha value is -3.77. The molecule has 0 aliphatic carbocycles. The van der Waals surface area contributed by atoms with E-state index in [0.717, 1.165) is 11.3 Å². The first-order valence-electron chi connectivity index (χ1n) is 7.95. The molecule has 26 heavy (non-hydrogen) atoms. The molecule has 0 radical (unpaired) electrons. The lowest BCUT2D eigenvalue weighted by Gasteiger charge is -2.08. The van der Waals surface area contributed by atoms with E-state index in [1.807, 2.05) is 36.4 Å². The number of amides is 1. The molecule has 0 saturated carbocycles. The smallest absolute Gasteiger partial charge is 0.267 e. The number of nitrogens with zero attached hydrogens (tertiary/aromatic N) is 2. The maximum absolute atomic E-state index is 12.2. The molecular weight excluding hydrogens is 328 g/mol. The van der Waals surface area contributed by atoms with Crippen molar-refractivity contribution >= 4 is 11.6 Å². The Morgan fingerprint density at radius 2 is 1.88 bits per heavy atom. The Kier molecular flexibility index (Phi) is 6.79. The molecule has 0 aliphatic heterocycles. The minimum absolute atomic E-state index is 0.0715. The summed E-state index contributed by atoms with van der Waals surface area (Å²) >= 11 is 0. The highest BCUT2D eigenvalue weighted by molar-refractivity contribution is 6.07. The van der Waals surface area contributed by atoms with Gasteiger partial charge in [0.25, 0.3) is 5.91 Å². The second-order valence-electron chi connectivity index (χ2n) is 5.30. The third-order valence-electron chi connectivity index (χ3n) is 3.64. The molecule has 0 aromatic heterocycles. The van der Waals surface area contributed by atoms with Crippen molar-refractivity contribution in [3.8, 4) is 17.9 Å². The van der Waals surface area contributed by atoms with Gasteiger partial charge in [-0.15, -0.1) is 0 Å². The standard InChI is InChI=1S/C20H18N4O2/c1-26-19-9-5-3-6-15(19)10-11-23-14-17(13-22)20(25)24-18-8-4-2-7-16(18)12-21/h2-9,14,23H,10-11H2,1H3,(H,24,25)/b17-14-. The summed E-state index contributed by atoms with van der Waals surface area (Å²) in [6.45, 7) is 0.535. The number of nitriles is 2. The minimum Gasteiger partial charge on any atom is -0.496 e. The second kappa shape index (κ2) is 9.51. The van der Waals surface area contributed by atoms with Crippen LogP contribution >= 0.6 is 0 Å². The Morgan fingerprint density at radius 3 is 2.62 bits per heavy atom. The summed E-state index contributed by atoms with van der Waals surface area (Å²) in [7, 11) is 1.61. The van der Waals surface area contributed by atoms with Crippen molar-refractivity contribution in [1.82, 2.24) is 5.32 Å². The van der Waals surface area contributed by atoms with E-state index in [-0.39, 0.29) is 5.57 Å². The normalized spacial score (nSPS) is 10.3. The molecule has 0 bridgehead atoms. The molecular formula is C20H18N4O2. The molecule has 0 saturated heterocycles. The van der Waals surface area contributed by atoms with E-state index < -0.39 is 5.91 Å². The van der Waals surface area contributed by atoms with Gasteiger partial charge < -0.3 is 15.4 Å². The van der Waals surface area contributed by atoms with Gasteiger partial charge in [0.15, 0.2) is 0 Å². The van der Waals surface area contributed by atoms with E-state index >= 15 is 0 Å². The van der Waals surface area contributed by atoms with Gasteiger partial charge in [0.2, 0.25) is 0 Å². The molecule has 2 rings (SSSR count). The van der Waals surface area contributed by atoms with Crippen molar-refractivity contribution in [1.29, 1.82) is 10.5 Å². The number of hydrogen-bond donors (Lipinski definition) is 2. The predicted octanol–water partition coefficient (Wildman–Crippen LogP) is 2.75. The molecule has 0 spiro atoms. The third kappa shape index (κ3) is 4.86. The van der Waals surface area contributed by atoms with Crippen molar-refractivity contribution < 1.29 is 9.53 Å². The number of hydrogen-bond acceptors (Lipinski definition) is 5. The van der Waals surface area contributed by atoms with Gasteiger partial charge in [-0.2, -0.15) is 10.5 Å². The van der Waals surface area contributed by atoms with Crippen LogP contribution in [0.25, 0.3) is 0 Å². The molecule has 130 valence electrons. The highest BCUT2D eigenvalue weighted by Crippen LogP contribution is 2.17. The molecule has 0 atom stereocenters. The molecule has 6 heteroatoms. The van der Waals surface area contributed by atoms with Gasteiger partial charge in [0, 0.05) is 12.7 Å². The van der Waals surface area contributed by atoms with Crippen LogP contribution in [-0.2, 0) is 11.2 Å². The quantitative estimate of drug-likeness (QED) is 0.456. The Labute approximate surface area is 152 Å². The number of carbonyl (C=O) groups is 1. The van der Waals surface area contributed by atoms with Crippen molar-refractivity contribution in [2.24, 2.45) is 0 Å². The predicted molar refractivity (Wildman–Crippen MR) is 98.2 cm³/mol. The number of benzene rings is 2. The van der Waals surface area contributed by atoms with E-state index in [1.54, 1.807) is 31.4 Å². The molecule has 1 amide bonds. The average Bonchev–Trinajstić information content (AvgIpc) is 2.68. The van der Waals surface area contributed by atoms with E-state index in [2.05, 4.69) is 10.6 Å². The number of carbonyl (C=O) groups excluding carboxylic acids is 1. The molecule has 2 N–H and O–H groups in total. The van der Waals surface area contributed by atoms with Gasteiger partial charge in [0.1, 0.15) is 23.5 Å². The summed E-state index contributed by atoms with van der Waals surface area (Å²) in [6.07, 6.45) is 2.05. The van der Waals surface area contributed by atoms with Crippen LogP contribution in [0.4, 0.5) is 5.69 Å². The van der Waals surface area contributed by atoms with Crippen LogP contribution in [0.1, 0.15) is 11.1 Å². The van der Waals surface area contributed by atoms with Crippen LogP contribution < -0.4 is 15.4 Å². The highest BCUT2D eigenvalue weighted by Gasteiger charge is 2.11. The Balaban J connectivity index is 1.96. The first kappa shape index (κ1) is 18.6. The fourth-order valence-electron chi connectivity index (χ4n) is 2.32. The molecule has 0 fully saturated rings. The van der Waals surface area contributed by atoms with Gasteiger partial charge in [-0.1, -0.05) is 30.3 Å². The zero-order valence-electron chi connectivity index (χ0n) is 14.3. The van der Waals surface area contributed by atoms with Gasteiger partial charge in [-0.25, -0.2) is 0 Å². The number of methoxy groups -OCH3 is 1. The molecule has 0 aliphatic rings. The zero-order valence-corrected chi connectivity index (χ0v) is 14.3. The molecule has 2 aromatic rings. The summed E-state index contributed by atoms with van der Waals surface area (Å²) in [5.41, 5.74) is 1.66. The maximum atomic E-state index is 12.2. The van der Waals surface area contributed by atoms with Gasteiger partial charge >= 0.3 is 0 Å². The van der Waals surface area contributed by atoms with Crippen LogP contribution in [0, 0.1) is 22.7 Å². The van der Waals surface area contributed by atoms with E-state index in [1.165, 1.54) is 6.20 Å². The Morgan fingerprint density at radius 1 is 1.15 bits per heavy atom. The van der Waals surface area contributed by atoms with Crippen molar-refractivity contribution in [3.05, 3.63) is 71.4 Å². The lowest BCUT2D eigenvalue weighted by atomic mass is 10.1. The van der Waals surface area contributed by atoms with E-state index in [4.69, 9.17) is 10.00 Å². The molecule has 0 unspecified atom stereocenters. The molecule has 2 aromatic carbocycles. The number of rotatable bonds is 7. The second-order valence-corrected chi connectivity index (χ2v) is 5.30. The fourth-order valence-corrected chi connectivity index (χ4v) is 2.32. The van der Waals surface area contributed by atoms with Gasteiger partial charge in [-0.05, 0) is 30.2 Å². The van der Waals surface area contributed by atoms with E-state index in [0.29, 0.717) is 24.2 Å². The highest BCUT2D eigenvalue weighted by atomic mass is 16.5. The van der Waals surface area contributed by atoms with Crippen LogP contribution in [-0.4, -0.2) is 19.6 Å². The first-order valence-corrected chi connectivity index (χ1v) is 7.95. The van der Waals surface area contributed by atoms with Gasteiger partial charge in [-0.3, -0.25) is 4.79 Å². The Bertz CT molecular complexity index is 891. The summed E-state index contributed by atoms with van der Waals surface area (Å²) in [4.78, 5) is 12.2. The third-order valence-corrected chi connectivity index (χ3v) is 3.64. The summed E-state index contributed by atoms with van der Waals surface area (Å²) in [5, 5.41) is 23.8. The SMILES string of the molecule is COc1ccccc1CCN/C=C(/C#N)C(=O)Nc1ccccc1C#N. The first-order chi connectivity index (χ1) is 12.7. The summed E-state index contributed by atoms with van der Waals surface area (Å²) in [5.74, 6) is 0.227. The monoisotopic (exact) mass is 346 g/mol. The fraction of sp³-hybridized carbons (Fsp3) is 0.150. The number of para-hydroxylation sites is 2. The topological polar surface area (TPSA) is 97.9 Å². The minimum atomic E-state index is -0.569. The van der Waals surface area contributed by atoms with Crippen LogP contribution in [0.5, 0.6) is 5.75 Å². The van der Waals surface area contributed by atoms with Crippen LogP contribution in [0.3, 0.4) is 0 Å². The van der Waals surface area contributed by atoms with Gasteiger partial charge in [0.05, 0.1) is 18.4 Å². The molecule has 6 nitrogen and oxygen atoms in total. The van der Waals surface area contributed by atoms with Crippen LogP contribution in [0.2, 0.25) is 0 Å². The van der Waals surface area contributed by atoms with Crippen molar-refractivity contribution in [2.45, 2.75) is 6.42 Å². The number of anilines is 1. The average molecular weight is 346 g/mol. The largest absolute Gasteiger partial charge is 0.496 e. The lowest BCUT2D eigenvalue weighted by Crippen LogP contribution is -2.18.